The molecule has 0 saturated carbocycles. The first kappa shape index (κ1) is 15.0. The molecule has 88 valence electrons. The summed E-state index contributed by atoms with van der Waals surface area (Å²) < 4.78 is 14.0. The van der Waals surface area contributed by atoms with Gasteiger partial charge in [0.25, 0.3) is 0 Å². The summed E-state index contributed by atoms with van der Waals surface area (Å²) in [5.41, 5.74) is 0.459. The largest absolute Gasteiger partial charge is 0.303 e. The Balaban J connectivity index is 5.18. The van der Waals surface area contributed by atoms with Crippen LogP contribution in [0, 0.1) is 24.2 Å². The van der Waals surface area contributed by atoms with Gasteiger partial charge in [0, 0.05) is 12.0 Å². The molecule has 0 aromatic carbocycles. The first-order chi connectivity index (χ1) is 7.62. The van der Waals surface area contributed by atoms with Gasteiger partial charge >= 0.3 is 0 Å². The van der Waals surface area contributed by atoms with E-state index < -0.39 is 11.4 Å². The van der Waals surface area contributed by atoms with Crippen molar-refractivity contribution in [3.63, 3.8) is 0 Å². The molecule has 0 aliphatic rings. The molecule has 0 aliphatic heterocycles. The molecule has 0 saturated heterocycles. The Morgan fingerprint density at radius 2 is 2.19 bits per heavy atom. The molecule has 0 heterocycles. The highest BCUT2D eigenvalue weighted by molar-refractivity contribution is 6.22. The van der Waals surface area contributed by atoms with E-state index in [0.717, 1.165) is 0 Å². The van der Waals surface area contributed by atoms with Crippen molar-refractivity contribution < 1.29 is 4.39 Å². The van der Waals surface area contributed by atoms with Gasteiger partial charge in [0.15, 0.2) is 0 Å². The molecule has 0 radical (unpaired) electrons. The van der Waals surface area contributed by atoms with Gasteiger partial charge in [-0.15, -0.1) is 23.9 Å². The van der Waals surface area contributed by atoms with Crippen molar-refractivity contribution in [2.24, 2.45) is 0 Å². The molecule has 2 atom stereocenters. The third kappa shape index (κ3) is 4.27. The standard InChI is InChI=1S/C13H17ClFN/c1-5-8-9-10(12(7-3)16-4)13(15)11(14)6-2/h3,11-12,16H,6,9H2,1-2,4H3/b13-10-. The third-order valence-electron chi connectivity index (χ3n) is 2.20. The Hall–Kier alpha value is -0.960. The average Bonchev–Trinajstić information content (AvgIpc) is 2.32. The van der Waals surface area contributed by atoms with Crippen LogP contribution in [-0.4, -0.2) is 18.5 Å². The summed E-state index contributed by atoms with van der Waals surface area (Å²) >= 11 is 5.87. The van der Waals surface area contributed by atoms with Crippen LogP contribution in [0.3, 0.4) is 0 Å². The predicted octanol–water partition coefficient (Wildman–Crippen LogP) is 2.86. The monoisotopic (exact) mass is 241 g/mol. The van der Waals surface area contributed by atoms with Crippen LogP contribution in [0.25, 0.3) is 0 Å². The summed E-state index contributed by atoms with van der Waals surface area (Å²) in [6.07, 6.45) is 6.16. The van der Waals surface area contributed by atoms with E-state index in [1.807, 2.05) is 6.92 Å². The molecule has 0 bridgehead atoms. The lowest BCUT2D eigenvalue weighted by Gasteiger charge is -2.16. The first-order valence-corrected chi connectivity index (χ1v) is 5.61. The number of likely N-dealkylation sites (N-methyl/N-ethyl adjacent to an activating group) is 1. The van der Waals surface area contributed by atoms with Crippen LogP contribution < -0.4 is 5.32 Å². The Labute approximate surface area is 102 Å². The van der Waals surface area contributed by atoms with E-state index in [0.29, 0.717) is 18.4 Å². The fourth-order valence-electron chi connectivity index (χ4n) is 1.25. The van der Waals surface area contributed by atoms with Crippen molar-refractivity contribution in [1.29, 1.82) is 0 Å². The van der Waals surface area contributed by atoms with E-state index in [1.54, 1.807) is 14.0 Å². The Morgan fingerprint density at radius 3 is 2.56 bits per heavy atom. The van der Waals surface area contributed by atoms with Crippen LogP contribution in [0.4, 0.5) is 4.39 Å². The number of hydrogen-bond donors (Lipinski definition) is 1. The van der Waals surface area contributed by atoms with Crippen molar-refractivity contribution in [3.8, 4) is 24.2 Å². The minimum absolute atomic E-state index is 0.307. The second kappa shape index (κ2) is 8.22. The van der Waals surface area contributed by atoms with E-state index in [4.69, 9.17) is 18.0 Å². The third-order valence-corrected chi connectivity index (χ3v) is 2.70. The quantitative estimate of drug-likeness (QED) is 0.577. The summed E-state index contributed by atoms with van der Waals surface area (Å²) in [4.78, 5) is 0. The van der Waals surface area contributed by atoms with Gasteiger partial charge < -0.3 is 5.32 Å². The van der Waals surface area contributed by atoms with E-state index in [-0.39, 0.29) is 5.83 Å². The van der Waals surface area contributed by atoms with Gasteiger partial charge in [0.2, 0.25) is 0 Å². The molecule has 1 N–H and O–H groups in total. The average molecular weight is 242 g/mol. The van der Waals surface area contributed by atoms with E-state index in [9.17, 15) is 4.39 Å². The lowest BCUT2D eigenvalue weighted by atomic mass is 10.0. The van der Waals surface area contributed by atoms with Gasteiger partial charge in [-0.25, -0.2) is 4.39 Å². The molecule has 1 nitrogen and oxygen atoms in total. The molecule has 0 rings (SSSR count). The van der Waals surface area contributed by atoms with Gasteiger partial charge in [-0.3, -0.25) is 0 Å². The van der Waals surface area contributed by atoms with Crippen molar-refractivity contribution >= 4 is 11.6 Å². The summed E-state index contributed by atoms with van der Waals surface area (Å²) in [6.45, 7) is 3.53. The van der Waals surface area contributed by atoms with Crippen LogP contribution >= 0.6 is 11.6 Å². The number of terminal acetylenes is 1. The highest BCUT2D eigenvalue weighted by Crippen LogP contribution is 2.23. The predicted molar refractivity (Wildman–Crippen MR) is 67.8 cm³/mol. The van der Waals surface area contributed by atoms with Crippen LogP contribution in [0.5, 0.6) is 0 Å². The van der Waals surface area contributed by atoms with E-state index in [1.165, 1.54) is 0 Å². The zero-order chi connectivity index (χ0) is 12.6. The van der Waals surface area contributed by atoms with Gasteiger partial charge in [0.1, 0.15) is 5.83 Å². The fraction of sp³-hybridized carbons (Fsp3) is 0.538. The van der Waals surface area contributed by atoms with Crippen LogP contribution in [0.2, 0.25) is 0 Å². The van der Waals surface area contributed by atoms with E-state index >= 15 is 0 Å². The molecule has 0 fully saturated rings. The van der Waals surface area contributed by atoms with Gasteiger partial charge in [0.05, 0.1) is 11.4 Å². The number of rotatable bonds is 5. The molecular weight excluding hydrogens is 225 g/mol. The van der Waals surface area contributed by atoms with Crippen LogP contribution in [-0.2, 0) is 0 Å². The molecular formula is C13H17ClFN. The molecule has 0 spiro atoms. The molecule has 0 amide bonds. The number of nitrogens with one attached hydrogen (secondary N) is 1. The van der Waals surface area contributed by atoms with Crippen molar-refractivity contribution in [2.75, 3.05) is 7.05 Å². The smallest absolute Gasteiger partial charge is 0.120 e. The highest BCUT2D eigenvalue weighted by Gasteiger charge is 2.19. The van der Waals surface area contributed by atoms with Gasteiger partial charge in [-0.2, -0.15) is 0 Å². The minimum Gasteiger partial charge on any atom is -0.303 e. The molecule has 0 aromatic rings. The van der Waals surface area contributed by atoms with Crippen LogP contribution in [0.15, 0.2) is 11.4 Å². The fourth-order valence-corrected chi connectivity index (χ4v) is 1.39. The van der Waals surface area contributed by atoms with E-state index in [2.05, 4.69) is 23.1 Å². The normalized spacial score (nSPS) is 15.2. The maximum atomic E-state index is 14.0. The zero-order valence-electron chi connectivity index (χ0n) is 9.90. The molecule has 3 heteroatoms. The lowest BCUT2D eigenvalue weighted by Crippen LogP contribution is -2.27. The Morgan fingerprint density at radius 1 is 1.56 bits per heavy atom. The maximum Gasteiger partial charge on any atom is 0.120 e. The first-order valence-electron chi connectivity index (χ1n) is 5.17. The number of allylic oxidation sites excluding steroid dienone is 1. The summed E-state index contributed by atoms with van der Waals surface area (Å²) in [7, 11) is 1.69. The molecule has 2 unspecified atom stereocenters. The Kier molecular flexibility index (Phi) is 7.73. The Bertz CT molecular complexity index is 343. The number of alkyl halides is 1. The van der Waals surface area contributed by atoms with Crippen LogP contribution in [0.1, 0.15) is 26.7 Å². The van der Waals surface area contributed by atoms with Gasteiger partial charge in [-0.1, -0.05) is 18.8 Å². The number of halogens is 2. The minimum atomic E-state index is -0.627. The van der Waals surface area contributed by atoms with Crippen molar-refractivity contribution in [1.82, 2.24) is 5.32 Å². The second-order valence-electron chi connectivity index (χ2n) is 3.24. The summed E-state index contributed by atoms with van der Waals surface area (Å²) in [5, 5.41) is 2.23. The van der Waals surface area contributed by atoms with Crippen molar-refractivity contribution in [3.05, 3.63) is 11.4 Å². The zero-order valence-corrected chi connectivity index (χ0v) is 10.7. The topological polar surface area (TPSA) is 12.0 Å². The van der Waals surface area contributed by atoms with Gasteiger partial charge in [-0.05, 0) is 20.4 Å². The second-order valence-corrected chi connectivity index (χ2v) is 3.77. The molecule has 16 heavy (non-hydrogen) atoms. The van der Waals surface area contributed by atoms with Crippen molar-refractivity contribution in [2.45, 2.75) is 38.1 Å². The molecule has 0 aliphatic carbocycles. The lowest BCUT2D eigenvalue weighted by molar-refractivity contribution is 0.557. The maximum absolute atomic E-state index is 14.0. The number of hydrogen-bond acceptors (Lipinski definition) is 1. The summed E-state index contributed by atoms with van der Waals surface area (Å²) in [5.74, 6) is 7.67. The molecule has 0 aromatic heterocycles. The SMILES string of the molecule is C#CC(NC)/C(CC#CC)=C(\F)C(Cl)CC. The highest BCUT2D eigenvalue weighted by atomic mass is 35.5. The summed E-state index contributed by atoms with van der Waals surface area (Å²) in [6, 6.07) is -0.450.